The Morgan fingerprint density at radius 1 is 1.71 bits per heavy atom. The zero-order valence-corrected chi connectivity index (χ0v) is 8.74. The van der Waals surface area contributed by atoms with Crippen molar-refractivity contribution in [3.63, 3.8) is 0 Å². The van der Waals surface area contributed by atoms with Gasteiger partial charge >= 0.3 is 5.91 Å². The molecule has 0 spiro atoms. The van der Waals surface area contributed by atoms with Crippen molar-refractivity contribution in [1.29, 1.82) is 0 Å². The van der Waals surface area contributed by atoms with E-state index in [-0.39, 0.29) is 28.7 Å². The van der Waals surface area contributed by atoms with Crippen molar-refractivity contribution in [3.8, 4) is 0 Å². The van der Waals surface area contributed by atoms with Crippen molar-refractivity contribution in [3.05, 3.63) is 0 Å². The molecule has 9 heteroatoms. The smallest absolute Gasteiger partial charge is 0.352 e. The van der Waals surface area contributed by atoms with Gasteiger partial charge in [0.2, 0.25) is 24.6 Å². The molecule has 2 amide bonds. The minimum Gasteiger partial charge on any atom is -0.369 e. The van der Waals surface area contributed by atoms with Gasteiger partial charge in [0.15, 0.2) is 6.29 Å². The Hall–Kier alpha value is -1.55. The van der Waals surface area contributed by atoms with Gasteiger partial charge < -0.3 is 15.6 Å². The molecule has 0 saturated carbocycles. The number of hydrogen-bond acceptors (Lipinski definition) is 6. The Morgan fingerprint density at radius 3 is 2.88 bits per heavy atom. The van der Waals surface area contributed by atoms with Gasteiger partial charge in [0.25, 0.3) is 6.17 Å². The maximum absolute atomic E-state index is 12.0. The number of guanidine groups is 1. The number of carbonyl (C=O) groups is 2. The summed E-state index contributed by atoms with van der Waals surface area (Å²) in [5, 5.41) is 14.3. The number of quaternary nitrogens is 1. The normalized spacial score (nSPS) is 46.5. The van der Waals surface area contributed by atoms with E-state index in [9.17, 15) is 9.59 Å². The van der Waals surface area contributed by atoms with Crippen LogP contribution in [0.5, 0.6) is 0 Å². The van der Waals surface area contributed by atoms with E-state index in [0.29, 0.717) is 13.1 Å². The first-order valence-electron chi connectivity index (χ1n) is 5.13. The fraction of sp³-hybridized carbons (Fsp3) is 0.625. The Labute approximate surface area is 95.8 Å². The number of nitrogens with one attached hydrogen (secondary N) is 2. The lowest BCUT2D eigenvalue weighted by Crippen LogP contribution is -2.58. The molecule has 3 rings (SSSR count). The van der Waals surface area contributed by atoms with Crippen LogP contribution in [0.1, 0.15) is 0 Å². The summed E-state index contributed by atoms with van der Waals surface area (Å²) in [7, 11) is 0. The van der Waals surface area contributed by atoms with Crippen molar-refractivity contribution in [1.82, 2.24) is 10.6 Å². The number of aliphatic imine (C=N–C) groups is 1. The van der Waals surface area contributed by atoms with Crippen molar-refractivity contribution >= 4 is 18.3 Å². The molecule has 0 aromatic heterocycles. The molecule has 9 nitrogen and oxygen atoms in total. The molecule has 3 fully saturated rings. The Kier molecular flexibility index (Phi) is 2.01. The van der Waals surface area contributed by atoms with Crippen LogP contribution in [0.25, 0.3) is 0 Å². The second kappa shape index (κ2) is 3.23. The van der Waals surface area contributed by atoms with Crippen LogP contribution in [0.2, 0.25) is 0 Å². The highest BCUT2D eigenvalue weighted by Gasteiger charge is 2.81. The molecular formula is C8H12N5O4+. The van der Waals surface area contributed by atoms with Crippen LogP contribution in [0, 0.1) is 0 Å². The van der Waals surface area contributed by atoms with E-state index in [1.807, 2.05) is 0 Å². The lowest BCUT2D eigenvalue weighted by Gasteiger charge is -2.23. The highest BCUT2D eigenvalue weighted by molar-refractivity contribution is 5.87. The van der Waals surface area contributed by atoms with Gasteiger partial charge in [-0.2, -0.15) is 9.48 Å². The molecule has 0 bridgehead atoms. The number of aliphatic hydroxyl groups is 1. The van der Waals surface area contributed by atoms with Crippen LogP contribution in [0.4, 0.5) is 0 Å². The topological polar surface area (TPSA) is 129 Å². The molecule has 0 radical (unpaired) electrons. The van der Waals surface area contributed by atoms with E-state index < -0.39 is 12.4 Å². The number of nitrogens with two attached hydrogens (primary N) is 1. The zero-order chi connectivity index (χ0) is 12.2. The van der Waals surface area contributed by atoms with Crippen molar-refractivity contribution < 1.29 is 23.9 Å². The van der Waals surface area contributed by atoms with Gasteiger partial charge in [-0.15, -0.1) is 0 Å². The number of rotatable bonds is 3. The molecule has 3 heterocycles. The van der Waals surface area contributed by atoms with Crippen LogP contribution in [-0.4, -0.2) is 59.3 Å². The van der Waals surface area contributed by atoms with Crippen LogP contribution in [0.15, 0.2) is 4.99 Å². The van der Waals surface area contributed by atoms with E-state index >= 15 is 0 Å². The summed E-state index contributed by atoms with van der Waals surface area (Å²) in [6, 6.07) is 0. The van der Waals surface area contributed by atoms with E-state index in [1.54, 1.807) is 0 Å². The first-order chi connectivity index (χ1) is 8.11. The molecule has 5 atom stereocenters. The number of amides is 2. The average Bonchev–Trinajstić information content (AvgIpc) is 3.04. The molecule has 0 aliphatic carbocycles. The maximum Gasteiger partial charge on any atom is 0.352 e. The third-order valence-electron chi connectivity index (χ3n) is 3.32. The lowest BCUT2D eigenvalue weighted by molar-refractivity contribution is -0.791. The van der Waals surface area contributed by atoms with Gasteiger partial charge in [0.05, 0.1) is 0 Å². The van der Waals surface area contributed by atoms with Crippen LogP contribution in [0.3, 0.4) is 0 Å². The number of nitrogens with zero attached hydrogens (tertiary/aromatic N) is 2. The molecule has 17 heavy (non-hydrogen) atoms. The van der Waals surface area contributed by atoms with Gasteiger partial charge in [0, 0.05) is 0 Å². The quantitative estimate of drug-likeness (QED) is 0.133. The third-order valence-corrected chi connectivity index (χ3v) is 3.32. The first-order valence-corrected chi connectivity index (χ1v) is 5.13. The number of aliphatic hydroxyl groups excluding tert-OH is 1. The van der Waals surface area contributed by atoms with E-state index in [0.717, 1.165) is 0 Å². The number of ether oxygens (including phenoxy) is 1. The van der Waals surface area contributed by atoms with E-state index in [1.165, 1.54) is 0 Å². The summed E-state index contributed by atoms with van der Waals surface area (Å²) >= 11 is 0. The van der Waals surface area contributed by atoms with Gasteiger partial charge in [-0.25, -0.2) is 10.1 Å². The largest absolute Gasteiger partial charge is 0.369 e. The monoisotopic (exact) mass is 242 g/mol. The molecule has 0 aromatic rings. The second-order valence-electron chi connectivity index (χ2n) is 4.21. The molecular weight excluding hydrogens is 230 g/mol. The summed E-state index contributed by atoms with van der Waals surface area (Å²) < 4.78 is 4.84. The van der Waals surface area contributed by atoms with Crippen LogP contribution < -0.4 is 16.4 Å². The van der Waals surface area contributed by atoms with E-state index in [2.05, 4.69) is 15.6 Å². The summed E-state index contributed by atoms with van der Waals surface area (Å²) in [4.78, 5) is 26.2. The Balaban J connectivity index is 1.71. The van der Waals surface area contributed by atoms with Crippen LogP contribution >= 0.6 is 0 Å². The fourth-order valence-corrected chi connectivity index (χ4v) is 2.24. The summed E-state index contributed by atoms with van der Waals surface area (Å²) in [5.74, 6) is -0.224. The zero-order valence-electron chi connectivity index (χ0n) is 8.74. The maximum atomic E-state index is 12.0. The summed E-state index contributed by atoms with van der Waals surface area (Å²) in [6.45, 7) is 0.443. The van der Waals surface area contributed by atoms with E-state index in [4.69, 9.17) is 15.6 Å². The minimum absolute atomic E-state index is 0.0243. The number of fused-ring (bicyclic) bond motifs is 1. The van der Waals surface area contributed by atoms with Gasteiger partial charge in [-0.1, -0.05) is 0 Å². The molecule has 5 N–H and O–H groups in total. The van der Waals surface area contributed by atoms with Gasteiger partial charge in [-0.3, -0.25) is 10.1 Å². The number of hydrogen-bond donors (Lipinski definition) is 4. The first kappa shape index (κ1) is 10.6. The molecule has 3 aliphatic rings. The molecule has 0 aromatic carbocycles. The lowest BCUT2D eigenvalue weighted by atomic mass is 10.3. The molecule has 3 saturated heterocycles. The Morgan fingerprint density at radius 2 is 2.41 bits per heavy atom. The molecule has 92 valence electrons. The molecule has 1 unspecified atom stereocenters. The summed E-state index contributed by atoms with van der Waals surface area (Å²) in [6.07, 6.45) is -1.78. The average molecular weight is 242 g/mol. The minimum atomic E-state index is -0.994. The second-order valence-corrected chi connectivity index (χ2v) is 4.21. The number of carbonyl (C=O) groups excluding carboxylic acids is 2. The predicted octanol–water partition coefficient (Wildman–Crippen LogP) is -3.67. The van der Waals surface area contributed by atoms with Crippen molar-refractivity contribution in [2.24, 2.45) is 10.7 Å². The van der Waals surface area contributed by atoms with Gasteiger partial charge in [0.1, 0.15) is 6.67 Å². The van der Waals surface area contributed by atoms with Crippen molar-refractivity contribution in [2.75, 3.05) is 6.67 Å². The van der Waals surface area contributed by atoms with Gasteiger partial charge in [-0.05, 0) is 0 Å². The predicted molar refractivity (Wildman–Crippen MR) is 52.5 cm³/mol. The standard InChI is InChI=1S/C8H11N5O4/c9-8(11-2-14)12-5-4-10-1-13(4,5)6(15)3-7(16)17-3/h2-5,7,10,16H,1H2,(H2-,9,11,12,14)/p+1/t3-,4+,5?,7-,13-/m0/s1. The molecule has 3 aliphatic heterocycles. The summed E-state index contributed by atoms with van der Waals surface area (Å²) in [5.41, 5.74) is 5.43. The Bertz CT molecular complexity index is 426. The SMILES string of the molecule is N/C(=N/C1[C@@H]2NC[N@@+]12C(=O)[C@@H]1O[C@@H]1O)NC=O. The third kappa shape index (κ3) is 1.30. The van der Waals surface area contributed by atoms with Crippen LogP contribution in [-0.2, 0) is 14.3 Å². The number of epoxide rings is 1. The highest BCUT2D eigenvalue weighted by Crippen LogP contribution is 2.48. The fourth-order valence-electron chi connectivity index (χ4n) is 2.24. The highest BCUT2D eigenvalue weighted by atomic mass is 16.7. The van der Waals surface area contributed by atoms with Crippen molar-refractivity contribution in [2.45, 2.75) is 24.7 Å².